The number of rotatable bonds is 8. The summed E-state index contributed by atoms with van der Waals surface area (Å²) in [6, 6.07) is 5.52. The first-order valence-corrected chi connectivity index (χ1v) is 8.84. The van der Waals surface area contributed by atoms with Crippen molar-refractivity contribution in [2.24, 2.45) is 0 Å². The first-order chi connectivity index (χ1) is 10.9. The topological polar surface area (TPSA) is 84.5 Å². The van der Waals surface area contributed by atoms with Crippen LogP contribution in [0, 0.1) is 6.92 Å². The largest absolute Gasteiger partial charge is 0.469 e. The van der Waals surface area contributed by atoms with Crippen LogP contribution in [0.15, 0.2) is 22.7 Å². The molecule has 2 N–H and O–H groups in total. The Morgan fingerprint density at radius 1 is 1.26 bits per heavy atom. The molecule has 1 rings (SSSR count). The molecular formula is C15H19BrN2O4S. The Morgan fingerprint density at radius 3 is 2.65 bits per heavy atom. The second-order valence-electron chi connectivity index (χ2n) is 4.66. The Kier molecular flexibility index (Phi) is 8.71. The molecule has 0 heterocycles. The molecule has 1 aromatic carbocycles. The van der Waals surface area contributed by atoms with Gasteiger partial charge in [-0.1, -0.05) is 15.9 Å². The van der Waals surface area contributed by atoms with Crippen molar-refractivity contribution >= 4 is 51.2 Å². The summed E-state index contributed by atoms with van der Waals surface area (Å²) in [4.78, 5) is 34.3. The number of aryl methyl sites for hydroxylation is 1. The van der Waals surface area contributed by atoms with Crippen LogP contribution in [0.2, 0.25) is 0 Å². The highest BCUT2D eigenvalue weighted by molar-refractivity contribution is 9.10. The van der Waals surface area contributed by atoms with Crippen molar-refractivity contribution in [3.63, 3.8) is 0 Å². The van der Waals surface area contributed by atoms with Gasteiger partial charge in [0.2, 0.25) is 11.8 Å². The van der Waals surface area contributed by atoms with E-state index in [1.165, 1.54) is 18.9 Å². The van der Waals surface area contributed by atoms with E-state index in [-0.39, 0.29) is 36.5 Å². The summed E-state index contributed by atoms with van der Waals surface area (Å²) in [5, 5.41) is 5.28. The van der Waals surface area contributed by atoms with Crippen LogP contribution in [0.5, 0.6) is 0 Å². The van der Waals surface area contributed by atoms with Crippen molar-refractivity contribution in [1.29, 1.82) is 0 Å². The lowest BCUT2D eigenvalue weighted by molar-refractivity contribution is -0.140. The molecule has 0 aliphatic carbocycles. The lowest BCUT2D eigenvalue weighted by Gasteiger charge is -2.09. The van der Waals surface area contributed by atoms with E-state index in [0.717, 1.165) is 10.0 Å². The summed E-state index contributed by atoms with van der Waals surface area (Å²) in [6.45, 7) is 1.79. The zero-order chi connectivity index (χ0) is 17.2. The van der Waals surface area contributed by atoms with Crippen LogP contribution in [0.1, 0.15) is 12.0 Å². The van der Waals surface area contributed by atoms with Gasteiger partial charge >= 0.3 is 5.97 Å². The van der Waals surface area contributed by atoms with Crippen molar-refractivity contribution in [2.45, 2.75) is 13.3 Å². The molecule has 8 heteroatoms. The van der Waals surface area contributed by atoms with Gasteiger partial charge in [0.1, 0.15) is 0 Å². The molecule has 0 radical (unpaired) electrons. The highest BCUT2D eigenvalue weighted by Gasteiger charge is 2.08. The van der Waals surface area contributed by atoms with Gasteiger partial charge in [-0.25, -0.2) is 0 Å². The molecule has 0 saturated carbocycles. The van der Waals surface area contributed by atoms with E-state index in [9.17, 15) is 14.4 Å². The number of benzene rings is 1. The van der Waals surface area contributed by atoms with Crippen molar-refractivity contribution in [3.05, 3.63) is 28.2 Å². The average Bonchev–Trinajstić information content (AvgIpc) is 2.52. The third-order valence-electron chi connectivity index (χ3n) is 2.82. The van der Waals surface area contributed by atoms with Crippen LogP contribution in [0.3, 0.4) is 0 Å². The summed E-state index contributed by atoms with van der Waals surface area (Å²) in [5.41, 5.74) is 1.64. The van der Waals surface area contributed by atoms with Crippen LogP contribution in [0.4, 0.5) is 5.69 Å². The normalized spacial score (nSPS) is 10.0. The van der Waals surface area contributed by atoms with E-state index < -0.39 is 0 Å². The highest BCUT2D eigenvalue weighted by atomic mass is 79.9. The van der Waals surface area contributed by atoms with Gasteiger partial charge in [-0.2, -0.15) is 11.8 Å². The summed E-state index contributed by atoms with van der Waals surface area (Å²) in [7, 11) is 1.32. The number of anilines is 1. The monoisotopic (exact) mass is 402 g/mol. The van der Waals surface area contributed by atoms with Crippen LogP contribution in [-0.2, 0) is 19.1 Å². The van der Waals surface area contributed by atoms with E-state index >= 15 is 0 Å². The average molecular weight is 403 g/mol. The molecule has 126 valence electrons. The molecule has 6 nitrogen and oxygen atoms in total. The number of ether oxygens (including phenoxy) is 1. The van der Waals surface area contributed by atoms with Crippen LogP contribution >= 0.6 is 27.7 Å². The lowest BCUT2D eigenvalue weighted by Crippen LogP contribution is -2.34. The van der Waals surface area contributed by atoms with Gasteiger partial charge in [-0.3, -0.25) is 14.4 Å². The van der Waals surface area contributed by atoms with E-state index in [1.54, 1.807) is 6.07 Å². The minimum atomic E-state index is -0.304. The fourth-order valence-electron chi connectivity index (χ4n) is 1.61. The quantitative estimate of drug-likeness (QED) is 0.513. The van der Waals surface area contributed by atoms with Gasteiger partial charge in [0.25, 0.3) is 0 Å². The predicted octanol–water partition coefficient (Wildman–Crippen LogP) is 2.11. The maximum Gasteiger partial charge on any atom is 0.306 e. The van der Waals surface area contributed by atoms with E-state index in [0.29, 0.717) is 11.4 Å². The molecule has 1 aromatic rings. The first-order valence-electron chi connectivity index (χ1n) is 6.89. The second-order valence-corrected chi connectivity index (χ2v) is 6.68. The molecule has 0 saturated heterocycles. The first kappa shape index (κ1) is 19.5. The van der Waals surface area contributed by atoms with Gasteiger partial charge in [-0.15, -0.1) is 0 Å². The van der Waals surface area contributed by atoms with Gasteiger partial charge in [-0.05, 0) is 30.7 Å². The second kappa shape index (κ2) is 10.3. The number of carbonyl (C=O) groups is 3. The molecule has 0 unspecified atom stereocenters. The molecule has 0 aliphatic heterocycles. The van der Waals surface area contributed by atoms with Crippen molar-refractivity contribution in [3.8, 4) is 0 Å². The predicted molar refractivity (Wildman–Crippen MR) is 94.5 cm³/mol. The van der Waals surface area contributed by atoms with Crippen LogP contribution in [0.25, 0.3) is 0 Å². The van der Waals surface area contributed by atoms with Gasteiger partial charge < -0.3 is 15.4 Å². The summed E-state index contributed by atoms with van der Waals surface area (Å²) in [5.74, 6) is -0.139. The van der Waals surface area contributed by atoms with Crippen molar-refractivity contribution in [1.82, 2.24) is 5.32 Å². The SMILES string of the molecule is COC(=O)CCSCC(=O)NCC(=O)Nc1ccc(Br)cc1C. The summed E-state index contributed by atoms with van der Waals surface area (Å²) < 4.78 is 5.44. The van der Waals surface area contributed by atoms with Crippen LogP contribution in [-0.4, -0.2) is 42.9 Å². The zero-order valence-electron chi connectivity index (χ0n) is 13.0. The number of halogens is 1. The van der Waals surface area contributed by atoms with Crippen molar-refractivity contribution < 1.29 is 19.1 Å². The van der Waals surface area contributed by atoms with E-state index in [4.69, 9.17) is 0 Å². The Bertz CT molecular complexity index is 581. The third-order valence-corrected chi connectivity index (χ3v) is 4.27. The maximum atomic E-state index is 11.8. The number of amides is 2. The standard InChI is InChI=1S/C15H19BrN2O4S/c1-10-7-11(16)3-4-12(10)18-13(19)8-17-14(20)9-23-6-5-15(21)22-2/h3-4,7H,5-6,8-9H2,1-2H3,(H,17,20)(H,18,19). The van der Waals surface area contributed by atoms with Gasteiger partial charge in [0.15, 0.2) is 0 Å². The fraction of sp³-hybridized carbons (Fsp3) is 0.400. The molecule has 0 aromatic heterocycles. The number of esters is 1. The molecule has 2 amide bonds. The number of hydrogen-bond acceptors (Lipinski definition) is 5. The number of methoxy groups -OCH3 is 1. The Balaban J connectivity index is 2.25. The third kappa shape index (κ3) is 8.03. The fourth-order valence-corrected chi connectivity index (χ4v) is 2.83. The lowest BCUT2D eigenvalue weighted by atomic mass is 10.2. The molecule has 0 atom stereocenters. The maximum absolute atomic E-state index is 11.8. The number of nitrogens with one attached hydrogen (secondary N) is 2. The molecule has 0 spiro atoms. The number of carbonyl (C=O) groups excluding carboxylic acids is 3. The Hall–Kier alpha value is -1.54. The highest BCUT2D eigenvalue weighted by Crippen LogP contribution is 2.19. The van der Waals surface area contributed by atoms with Crippen LogP contribution < -0.4 is 10.6 Å². The van der Waals surface area contributed by atoms with E-state index in [2.05, 4.69) is 31.3 Å². The Labute approximate surface area is 147 Å². The van der Waals surface area contributed by atoms with Crippen molar-refractivity contribution in [2.75, 3.05) is 30.5 Å². The minimum Gasteiger partial charge on any atom is -0.469 e. The Morgan fingerprint density at radius 2 is 2.00 bits per heavy atom. The molecule has 0 aliphatic rings. The molecule has 23 heavy (non-hydrogen) atoms. The van der Waals surface area contributed by atoms with E-state index in [1.807, 2.05) is 19.1 Å². The smallest absolute Gasteiger partial charge is 0.306 e. The molecule has 0 bridgehead atoms. The molecule has 0 fully saturated rings. The van der Waals surface area contributed by atoms with Gasteiger partial charge in [0, 0.05) is 15.9 Å². The zero-order valence-corrected chi connectivity index (χ0v) is 15.4. The number of hydrogen-bond donors (Lipinski definition) is 2. The van der Waals surface area contributed by atoms with Gasteiger partial charge in [0.05, 0.1) is 25.8 Å². The summed E-state index contributed by atoms with van der Waals surface area (Å²) in [6.07, 6.45) is 0.262. The minimum absolute atomic E-state index is 0.0914. The molecular weight excluding hydrogens is 384 g/mol. The summed E-state index contributed by atoms with van der Waals surface area (Å²) >= 11 is 4.67. The number of thioether (sulfide) groups is 1.